The van der Waals surface area contributed by atoms with E-state index in [4.69, 9.17) is 22.1 Å². The Kier molecular flexibility index (Phi) is 4.89. The average Bonchev–Trinajstić information content (AvgIpc) is 2.94. The Balaban J connectivity index is 2.16. The first-order chi connectivity index (χ1) is 11.2. The summed E-state index contributed by atoms with van der Waals surface area (Å²) in [6, 6.07) is 14.1. The third-order valence-corrected chi connectivity index (χ3v) is 4.36. The molecule has 3 aromatic rings. The number of nitrogens with two attached hydrogens (primary N) is 1. The van der Waals surface area contributed by atoms with Crippen molar-refractivity contribution in [3.63, 3.8) is 0 Å². The van der Waals surface area contributed by atoms with Gasteiger partial charge in [-0.05, 0) is 55.6 Å². The molecule has 2 aromatic carbocycles. The molecule has 0 spiro atoms. The van der Waals surface area contributed by atoms with Gasteiger partial charge in [0.1, 0.15) is 5.75 Å². The van der Waals surface area contributed by atoms with Crippen LogP contribution in [0, 0.1) is 0 Å². The molecule has 3 rings (SSSR count). The molecule has 3 N–H and O–H groups in total. The molecule has 0 atom stereocenters. The van der Waals surface area contributed by atoms with Crippen molar-refractivity contribution in [3.05, 3.63) is 53.1 Å². The maximum absolute atomic E-state index is 6.22. The first-order valence-corrected chi connectivity index (χ1v) is 8.26. The Morgan fingerprint density at radius 3 is 2.74 bits per heavy atom. The highest BCUT2D eigenvalue weighted by Gasteiger charge is 2.16. The van der Waals surface area contributed by atoms with E-state index in [1.165, 1.54) is 10.9 Å². The van der Waals surface area contributed by atoms with Gasteiger partial charge in [-0.15, -0.1) is 0 Å². The van der Waals surface area contributed by atoms with Crippen LogP contribution in [-0.2, 0) is 6.42 Å². The number of unbranched alkanes of at least 4 members (excludes halogenated alkanes) is 1. The molecule has 0 saturated carbocycles. The molecular formula is C19H21ClN2O. The minimum absolute atomic E-state index is 0.701. The number of benzene rings is 2. The lowest BCUT2D eigenvalue weighted by molar-refractivity contribution is 0.416. The van der Waals surface area contributed by atoms with Gasteiger partial charge >= 0.3 is 0 Å². The molecule has 1 heterocycles. The Labute approximate surface area is 141 Å². The van der Waals surface area contributed by atoms with E-state index in [-0.39, 0.29) is 0 Å². The van der Waals surface area contributed by atoms with E-state index in [1.807, 2.05) is 24.3 Å². The van der Waals surface area contributed by atoms with E-state index in [9.17, 15) is 0 Å². The number of aromatic amines is 1. The van der Waals surface area contributed by atoms with Gasteiger partial charge in [0.2, 0.25) is 0 Å². The van der Waals surface area contributed by atoms with Gasteiger partial charge in [0, 0.05) is 21.5 Å². The Morgan fingerprint density at radius 2 is 1.96 bits per heavy atom. The van der Waals surface area contributed by atoms with Gasteiger partial charge in [-0.25, -0.2) is 0 Å². The molecule has 0 saturated heterocycles. The van der Waals surface area contributed by atoms with Crippen LogP contribution in [0.5, 0.6) is 5.75 Å². The van der Waals surface area contributed by atoms with E-state index in [2.05, 4.69) is 23.2 Å². The maximum atomic E-state index is 6.22. The van der Waals surface area contributed by atoms with Gasteiger partial charge in [-0.2, -0.15) is 0 Å². The zero-order valence-electron chi connectivity index (χ0n) is 13.2. The highest BCUT2D eigenvalue weighted by molar-refractivity contribution is 6.31. The second-order valence-electron chi connectivity index (χ2n) is 5.61. The van der Waals surface area contributed by atoms with Crippen molar-refractivity contribution in [1.82, 2.24) is 4.98 Å². The maximum Gasteiger partial charge on any atom is 0.128 e. The van der Waals surface area contributed by atoms with Crippen molar-refractivity contribution in [2.24, 2.45) is 5.73 Å². The summed E-state index contributed by atoms with van der Waals surface area (Å²) in [7, 11) is 1.68. The number of aromatic nitrogens is 1. The summed E-state index contributed by atoms with van der Waals surface area (Å²) in [5.74, 6) is 0.820. The molecule has 120 valence electrons. The molecule has 0 radical (unpaired) electrons. The summed E-state index contributed by atoms with van der Waals surface area (Å²) in [4.78, 5) is 3.54. The first kappa shape index (κ1) is 15.9. The molecule has 0 aliphatic carbocycles. The van der Waals surface area contributed by atoms with Crippen molar-refractivity contribution < 1.29 is 4.74 Å². The average molecular weight is 329 g/mol. The summed E-state index contributed by atoms with van der Waals surface area (Å²) in [5, 5.41) is 1.95. The molecule has 3 nitrogen and oxygen atoms in total. The highest BCUT2D eigenvalue weighted by atomic mass is 35.5. The Morgan fingerprint density at radius 1 is 1.13 bits per heavy atom. The largest absolute Gasteiger partial charge is 0.496 e. The van der Waals surface area contributed by atoms with Gasteiger partial charge in [0.05, 0.1) is 12.8 Å². The van der Waals surface area contributed by atoms with Crippen molar-refractivity contribution in [1.29, 1.82) is 0 Å². The minimum Gasteiger partial charge on any atom is -0.496 e. The Bertz CT molecular complexity index is 810. The number of fused-ring (bicyclic) bond motifs is 1. The molecule has 0 aliphatic heterocycles. The van der Waals surface area contributed by atoms with Gasteiger partial charge in [0.25, 0.3) is 0 Å². The first-order valence-electron chi connectivity index (χ1n) is 7.88. The topological polar surface area (TPSA) is 51.0 Å². The van der Waals surface area contributed by atoms with Crippen LogP contribution in [-0.4, -0.2) is 18.6 Å². The fraction of sp³-hybridized carbons (Fsp3) is 0.263. The number of halogens is 1. The van der Waals surface area contributed by atoms with Crippen LogP contribution >= 0.6 is 11.6 Å². The van der Waals surface area contributed by atoms with Crippen molar-refractivity contribution in [2.45, 2.75) is 19.3 Å². The van der Waals surface area contributed by atoms with Crippen molar-refractivity contribution in [2.75, 3.05) is 13.7 Å². The number of aryl methyl sites for hydroxylation is 1. The van der Waals surface area contributed by atoms with Crippen molar-refractivity contribution >= 4 is 22.5 Å². The van der Waals surface area contributed by atoms with E-state index >= 15 is 0 Å². The predicted octanol–water partition coefficient (Wildman–Crippen LogP) is 4.78. The monoisotopic (exact) mass is 328 g/mol. The lowest BCUT2D eigenvalue weighted by Crippen LogP contribution is -1.99. The number of hydrogen-bond acceptors (Lipinski definition) is 2. The van der Waals surface area contributed by atoms with E-state index in [1.54, 1.807) is 7.11 Å². The van der Waals surface area contributed by atoms with E-state index in [0.29, 0.717) is 5.02 Å². The third kappa shape index (κ3) is 3.21. The number of H-pyrrole nitrogens is 1. The fourth-order valence-corrected chi connectivity index (χ4v) is 3.18. The quantitative estimate of drug-likeness (QED) is 0.640. The molecule has 0 amide bonds. The zero-order chi connectivity index (χ0) is 16.2. The lowest BCUT2D eigenvalue weighted by Gasteiger charge is -2.10. The lowest BCUT2D eigenvalue weighted by atomic mass is 10.00. The third-order valence-electron chi connectivity index (χ3n) is 4.13. The summed E-state index contributed by atoms with van der Waals surface area (Å²) >= 11 is 6.22. The van der Waals surface area contributed by atoms with Crippen LogP contribution in [0.25, 0.3) is 22.2 Å². The van der Waals surface area contributed by atoms with Crippen LogP contribution in [0.15, 0.2) is 42.5 Å². The van der Waals surface area contributed by atoms with E-state index in [0.717, 1.165) is 48.3 Å². The summed E-state index contributed by atoms with van der Waals surface area (Å²) in [6.45, 7) is 0.720. The number of nitrogens with one attached hydrogen (secondary N) is 1. The summed E-state index contributed by atoms with van der Waals surface area (Å²) < 4.78 is 5.53. The van der Waals surface area contributed by atoms with Crippen LogP contribution in [0.1, 0.15) is 18.4 Å². The standard InChI is InChI=1S/C19H21ClN2O/c1-23-18-10-9-13(20)12-16(18)19-15(7-4-5-11-21)14-6-2-3-8-17(14)22-19/h2-3,6,8-10,12,22H,4-5,7,11,21H2,1H3. The molecule has 4 heteroatoms. The number of ether oxygens (including phenoxy) is 1. The highest BCUT2D eigenvalue weighted by Crippen LogP contribution is 2.37. The second-order valence-corrected chi connectivity index (χ2v) is 6.05. The molecule has 0 unspecified atom stereocenters. The minimum atomic E-state index is 0.701. The van der Waals surface area contributed by atoms with E-state index < -0.39 is 0 Å². The molecule has 0 aliphatic rings. The molecule has 23 heavy (non-hydrogen) atoms. The number of hydrogen-bond donors (Lipinski definition) is 2. The van der Waals surface area contributed by atoms with Gasteiger partial charge in [0.15, 0.2) is 0 Å². The summed E-state index contributed by atoms with van der Waals surface area (Å²) in [5.41, 5.74) is 10.2. The Hall–Kier alpha value is -1.97. The molecule has 0 bridgehead atoms. The second kappa shape index (κ2) is 7.07. The van der Waals surface area contributed by atoms with Gasteiger partial charge < -0.3 is 15.5 Å². The van der Waals surface area contributed by atoms with Crippen LogP contribution in [0.2, 0.25) is 5.02 Å². The summed E-state index contributed by atoms with van der Waals surface area (Å²) in [6.07, 6.45) is 3.06. The smallest absolute Gasteiger partial charge is 0.128 e. The normalized spacial score (nSPS) is 11.1. The van der Waals surface area contributed by atoms with Crippen LogP contribution < -0.4 is 10.5 Å². The molecule has 1 aromatic heterocycles. The number of methoxy groups -OCH3 is 1. The zero-order valence-corrected chi connectivity index (χ0v) is 14.0. The predicted molar refractivity (Wildman–Crippen MR) is 97.3 cm³/mol. The SMILES string of the molecule is COc1ccc(Cl)cc1-c1[nH]c2ccccc2c1CCCCN. The number of para-hydroxylation sites is 1. The fourth-order valence-electron chi connectivity index (χ4n) is 3.01. The van der Waals surface area contributed by atoms with Gasteiger partial charge in [-0.1, -0.05) is 29.8 Å². The molecular weight excluding hydrogens is 308 g/mol. The number of rotatable bonds is 6. The van der Waals surface area contributed by atoms with Crippen LogP contribution in [0.4, 0.5) is 0 Å². The molecule has 0 fully saturated rings. The van der Waals surface area contributed by atoms with Crippen LogP contribution in [0.3, 0.4) is 0 Å². The van der Waals surface area contributed by atoms with Crippen molar-refractivity contribution in [3.8, 4) is 17.0 Å². The van der Waals surface area contributed by atoms with Gasteiger partial charge in [-0.3, -0.25) is 0 Å².